The van der Waals surface area contributed by atoms with Crippen LogP contribution < -0.4 is 16.4 Å². The molecule has 0 aliphatic rings. The third-order valence-electron chi connectivity index (χ3n) is 2.57. The van der Waals surface area contributed by atoms with Gasteiger partial charge in [-0.15, -0.1) is 12.4 Å². The first kappa shape index (κ1) is 18.4. The molecule has 0 saturated carbocycles. The molecule has 2 amide bonds. The maximum absolute atomic E-state index is 11.5. The van der Waals surface area contributed by atoms with Crippen LogP contribution in [0.25, 0.3) is 0 Å². The minimum Gasteiger partial charge on any atom is -0.375 e. The fourth-order valence-corrected chi connectivity index (χ4v) is 1.53. The zero-order valence-electron chi connectivity index (χ0n) is 11.3. The van der Waals surface area contributed by atoms with E-state index < -0.39 is 0 Å². The summed E-state index contributed by atoms with van der Waals surface area (Å²) in [4.78, 5) is 22.4. The number of hydrogen-bond donors (Lipinski definition) is 3. The van der Waals surface area contributed by atoms with Gasteiger partial charge in [0.05, 0.1) is 19.2 Å². The predicted molar refractivity (Wildman–Crippen MR) is 78.5 cm³/mol. The molecule has 0 aliphatic heterocycles. The van der Waals surface area contributed by atoms with Gasteiger partial charge in [0.25, 0.3) is 0 Å². The molecule has 0 radical (unpaired) electrons. The average Bonchev–Trinajstić information content (AvgIpc) is 2.46. The summed E-state index contributed by atoms with van der Waals surface area (Å²) < 4.78 is 5.31. The van der Waals surface area contributed by atoms with Crippen molar-refractivity contribution in [2.45, 2.75) is 6.10 Å². The molecule has 112 valence electrons. The normalized spacial score (nSPS) is 11.1. The molecular weight excluding hydrogens is 282 g/mol. The van der Waals surface area contributed by atoms with Crippen molar-refractivity contribution in [1.29, 1.82) is 0 Å². The number of ether oxygens (including phenoxy) is 1. The van der Waals surface area contributed by atoms with Gasteiger partial charge >= 0.3 is 0 Å². The lowest BCUT2D eigenvalue weighted by Crippen LogP contribution is -2.40. The molecule has 20 heavy (non-hydrogen) atoms. The highest BCUT2D eigenvalue weighted by molar-refractivity contribution is 5.85. The number of hydrogen-bond acceptors (Lipinski definition) is 4. The van der Waals surface area contributed by atoms with E-state index in [0.717, 1.165) is 5.56 Å². The lowest BCUT2D eigenvalue weighted by molar-refractivity contribution is -0.125. The number of carbonyl (C=O) groups excluding carboxylic acids is 2. The largest absolute Gasteiger partial charge is 0.375 e. The van der Waals surface area contributed by atoms with E-state index in [-0.39, 0.29) is 43.4 Å². The molecule has 1 unspecified atom stereocenters. The van der Waals surface area contributed by atoms with Crippen molar-refractivity contribution in [1.82, 2.24) is 10.6 Å². The van der Waals surface area contributed by atoms with Crippen molar-refractivity contribution in [3.8, 4) is 0 Å². The molecule has 1 aromatic rings. The summed E-state index contributed by atoms with van der Waals surface area (Å²) in [7, 11) is 1.58. The SMILES string of the molecule is COC(CNC(=O)CNC(=O)CN)c1ccccc1.Cl. The van der Waals surface area contributed by atoms with Gasteiger partial charge < -0.3 is 21.1 Å². The van der Waals surface area contributed by atoms with E-state index in [9.17, 15) is 9.59 Å². The van der Waals surface area contributed by atoms with Gasteiger partial charge in [-0.2, -0.15) is 0 Å². The number of amides is 2. The summed E-state index contributed by atoms with van der Waals surface area (Å²) in [5.74, 6) is -0.638. The zero-order chi connectivity index (χ0) is 14.1. The smallest absolute Gasteiger partial charge is 0.239 e. The highest BCUT2D eigenvalue weighted by Gasteiger charge is 2.11. The van der Waals surface area contributed by atoms with Gasteiger partial charge in [-0.25, -0.2) is 0 Å². The minimum atomic E-state index is -0.360. The van der Waals surface area contributed by atoms with Crippen LogP contribution in [0.5, 0.6) is 0 Å². The van der Waals surface area contributed by atoms with Crippen molar-refractivity contribution < 1.29 is 14.3 Å². The second kappa shape index (κ2) is 10.2. The van der Waals surface area contributed by atoms with E-state index in [0.29, 0.717) is 6.54 Å². The molecule has 1 aromatic carbocycles. The second-order valence-corrected chi connectivity index (χ2v) is 3.92. The van der Waals surface area contributed by atoms with Crippen LogP contribution in [0.15, 0.2) is 30.3 Å². The van der Waals surface area contributed by atoms with Crippen LogP contribution in [0, 0.1) is 0 Å². The van der Waals surface area contributed by atoms with Gasteiger partial charge in [-0.1, -0.05) is 30.3 Å². The van der Waals surface area contributed by atoms with Crippen LogP contribution in [0.1, 0.15) is 11.7 Å². The van der Waals surface area contributed by atoms with Gasteiger partial charge in [0.15, 0.2) is 0 Å². The zero-order valence-corrected chi connectivity index (χ0v) is 12.1. The van der Waals surface area contributed by atoms with Crippen LogP contribution in [0.4, 0.5) is 0 Å². The van der Waals surface area contributed by atoms with Gasteiger partial charge in [0, 0.05) is 13.7 Å². The second-order valence-electron chi connectivity index (χ2n) is 3.92. The summed E-state index contributed by atoms with van der Waals surface area (Å²) >= 11 is 0. The Morgan fingerprint density at radius 1 is 1.20 bits per heavy atom. The Morgan fingerprint density at radius 2 is 1.85 bits per heavy atom. The fraction of sp³-hybridized carbons (Fsp3) is 0.385. The average molecular weight is 302 g/mol. The highest BCUT2D eigenvalue weighted by Crippen LogP contribution is 2.14. The molecule has 0 spiro atoms. The summed E-state index contributed by atoms with van der Waals surface area (Å²) in [5, 5.41) is 5.09. The quantitative estimate of drug-likeness (QED) is 0.660. The van der Waals surface area contributed by atoms with Crippen LogP contribution in [0.2, 0.25) is 0 Å². The Labute approximate surface area is 124 Å². The van der Waals surface area contributed by atoms with E-state index in [2.05, 4.69) is 10.6 Å². The van der Waals surface area contributed by atoms with E-state index in [4.69, 9.17) is 10.5 Å². The van der Waals surface area contributed by atoms with Gasteiger partial charge in [-0.3, -0.25) is 9.59 Å². The molecular formula is C13H20ClN3O3. The Bertz CT molecular complexity index is 415. The Morgan fingerprint density at radius 3 is 2.40 bits per heavy atom. The maximum Gasteiger partial charge on any atom is 0.239 e. The Hall–Kier alpha value is -1.63. The van der Waals surface area contributed by atoms with Crippen LogP contribution in [-0.4, -0.2) is 38.6 Å². The first-order valence-electron chi connectivity index (χ1n) is 5.98. The first-order chi connectivity index (χ1) is 9.17. The van der Waals surface area contributed by atoms with Crippen molar-refractivity contribution in [3.63, 3.8) is 0 Å². The van der Waals surface area contributed by atoms with Crippen LogP contribution in [0.3, 0.4) is 0 Å². The van der Waals surface area contributed by atoms with Crippen LogP contribution >= 0.6 is 12.4 Å². The van der Waals surface area contributed by atoms with Crippen molar-refractivity contribution in [2.75, 3.05) is 26.7 Å². The summed E-state index contributed by atoms with van der Waals surface area (Å²) in [6.07, 6.45) is -0.213. The van der Waals surface area contributed by atoms with E-state index >= 15 is 0 Å². The van der Waals surface area contributed by atoms with Gasteiger partial charge in [0.1, 0.15) is 0 Å². The summed E-state index contributed by atoms with van der Waals surface area (Å²) in [6, 6.07) is 9.58. The number of nitrogens with two attached hydrogens (primary N) is 1. The molecule has 1 atom stereocenters. The van der Waals surface area contributed by atoms with Crippen LogP contribution in [-0.2, 0) is 14.3 Å². The molecule has 6 nitrogen and oxygen atoms in total. The first-order valence-corrected chi connectivity index (χ1v) is 5.98. The van der Waals surface area contributed by atoms with Crippen molar-refractivity contribution >= 4 is 24.2 Å². The number of benzene rings is 1. The predicted octanol–water partition coefficient (Wildman–Crippen LogP) is -0.0130. The van der Waals surface area contributed by atoms with Gasteiger partial charge in [0.2, 0.25) is 11.8 Å². The Kier molecular flexibility index (Phi) is 9.36. The molecule has 0 aromatic heterocycles. The van der Waals surface area contributed by atoms with E-state index in [1.165, 1.54) is 0 Å². The van der Waals surface area contributed by atoms with Gasteiger partial charge in [-0.05, 0) is 5.56 Å². The Balaban J connectivity index is 0.00000361. The number of carbonyl (C=O) groups is 2. The molecule has 0 aliphatic carbocycles. The monoisotopic (exact) mass is 301 g/mol. The molecule has 0 saturated heterocycles. The topological polar surface area (TPSA) is 93.5 Å². The summed E-state index contributed by atoms with van der Waals surface area (Å²) in [6.45, 7) is 0.136. The molecule has 4 N–H and O–H groups in total. The highest BCUT2D eigenvalue weighted by atomic mass is 35.5. The third-order valence-corrected chi connectivity index (χ3v) is 2.57. The number of halogens is 1. The lowest BCUT2D eigenvalue weighted by Gasteiger charge is -2.16. The molecule has 0 bridgehead atoms. The number of nitrogens with one attached hydrogen (secondary N) is 2. The van der Waals surface area contributed by atoms with E-state index in [1.54, 1.807) is 7.11 Å². The number of methoxy groups -OCH3 is 1. The van der Waals surface area contributed by atoms with E-state index in [1.807, 2.05) is 30.3 Å². The molecule has 7 heteroatoms. The molecule has 1 rings (SSSR count). The third kappa shape index (κ3) is 6.51. The summed E-state index contributed by atoms with van der Waals surface area (Å²) in [5.41, 5.74) is 6.10. The van der Waals surface area contributed by atoms with Crippen molar-refractivity contribution in [3.05, 3.63) is 35.9 Å². The molecule has 0 fully saturated rings. The lowest BCUT2D eigenvalue weighted by atomic mass is 10.1. The van der Waals surface area contributed by atoms with Crippen molar-refractivity contribution in [2.24, 2.45) is 5.73 Å². The minimum absolute atomic E-state index is 0. The molecule has 0 heterocycles. The fourth-order valence-electron chi connectivity index (χ4n) is 1.53. The maximum atomic E-state index is 11.5. The number of rotatable bonds is 7. The standard InChI is InChI=1S/C13H19N3O3.ClH/c1-19-11(10-5-3-2-4-6-10)8-15-13(18)9-16-12(17)7-14;/h2-6,11H,7-9,14H2,1H3,(H,15,18)(H,16,17);1H.